The third kappa shape index (κ3) is 12.1. The number of methoxy groups -OCH3 is 2. The van der Waals surface area contributed by atoms with E-state index in [1.165, 1.54) is 44.1 Å². The van der Waals surface area contributed by atoms with Gasteiger partial charge in [0, 0.05) is 25.1 Å². The molecule has 0 aliphatic heterocycles. The maximum absolute atomic E-state index is 11.8. The number of benzene rings is 4. The summed E-state index contributed by atoms with van der Waals surface area (Å²) in [6.07, 6.45) is 7.44. The Kier molecular flexibility index (Phi) is 13.8. The van der Waals surface area contributed by atoms with E-state index in [9.17, 15) is 24.9 Å². The van der Waals surface area contributed by atoms with E-state index in [2.05, 4.69) is 5.32 Å². The van der Waals surface area contributed by atoms with Gasteiger partial charge < -0.3 is 34.8 Å². The molecule has 9 nitrogen and oxygen atoms in total. The molecule has 0 fully saturated rings. The maximum Gasteiger partial charge on any atom is 0.330 e. The second-order valence-corrected chi connectivity index (χ2v) is 10.1. The van der Waals surface area contributed by atoms with Crippen molar-refractivity contribution in [3.8, 4) is 28.7 Å². The van der Waals surface area contributed by atoms with Crippen molar-refractivity contribution in [3.63, 3.8) is 0 Å². The number of hydrogen-bond acceptors (Lipinski definition) is 8. The first-order valence-corrected chi connectivity index (χ1v) is 14.5. The number of hydrogen-bond donors (Lipinski definition) is 4. The summed E-state index contributed by atoms with van der Waals surface area (Å²) < 4.78 is 15.2. The molecule has 0 aromatic heterocycles. The number of rotatable bonds is 12. The summed E-state index contributed by atoms with van der Waals surface area (Å²) >= 11 is 0. The zero-order valence-corrected chi connectivity index (χ0v) is 26.1. The van der Waals surface area contributed by atoms with Crippen molar-refractivity contribution >= 4 is 24.0 Å². The predicted octanol–water partition coefficient (Wildman–Crippen LogP) is 5.99. The largest absolute Gasteiger partial charge is 0.508 e. The fourth-order valence-electron chi connectivity index (χ4n) is 4.06. The van der Waals surface area contributed by atoms with Gasteiger partial charge in [0.2, 0.25) is 5.91 Å². The molecule has 0 aliphatic carbocycles. The van der Waals surface area contributed by atoms with Gasteiger partial charge >= 0.3 is 5.97 Å². The molecular formula is C37H39NO8. The van der Waals surface area contributed by atoms with Crippen LogP contribution in [0.1, 0.15) is 27.8 Å². The molecule has 4 N–H and O–H groups in total. The SMILES string of the molecule is COc1cc(/C=C/C(=O)NCCc2ccc(O)cc2)ccc1O.COc1cc(/C=C/C(=O)OCCc2ccc(C)cc2)ccc1O. The van der Waals surface area contributed by atoms with Crippen LogP contribution in [0.25, 0.3) is 12.2 Å². The average molecular weight is 626 g/mol. The Morgan fingerprint density at radius 1 is 0.696 bits per heavy atom. The molecule has 0 bridgehead atoms. The number of phenolic OH excluding ortho intramolecular Hbond substituents is 3. The van der Waals surface area contributed by atoms with Gasteiger partial charge in [-0.25, -0.2) is 4.79 Å². The molecule has 0 spiro atoms. The molecule has 4 aromatic carbocycles. The van der Waals surface area contributed by atoms with Crippen molar-refractivity contribution in [2.45, 2.75) is 19.8 Å². The fourth-order valence-corrected chi connectivity index (χ4v) is 4.06. The first-order chi connectivity index (χ1) is 22.2. The minimum Gasteiger partial charge on any atom is -0.508 e. The molecule has 0 saturated carbocycles. The molecule has 4 rings (SSSR count). The summed E-state index contributed by atoms with van der Waals surface area (Å²) in [5.41, 5.74) is 4.88. The van der Waals surface area contributed by atoms with Crippen LogP contribution in [0.3, 0.4) is 0 Å². The topological polar surface area (TPSA) is 135 Å². The molecule has 0 unspecified atom stereocenters. The van der Waals surface area contributed by atoms with Crippen LogP contribution < -0.4 is 14.8 Å². The third-order valence-electron chi connectivity index (χ3n) is 6.65. The van der Waals surface area contributed by atoms with Crippen LogP contribution in [0.4, 0.5) is 0 Å². The van der Waals surface area contributed by atoms with Crippen molar-refractivity contribution in [1.29, 1.82) is 0 Å². The molecule has 0 saturated heterocycles. The third-order valence-corrected chi connectivity index (χ3v) is 6.65. The normalized spacial score (nSPS) is 10.7. The Hall–Kier alpha value is -5.70. The molecular weight excluding hydrogens is 586 g/mol. The summed E-state index contributed by atoms with van der Waals surface area (Å²) in [6, 6.07) is 24.7. The molecule has 46 heavy (non-hydrogen) atoms. The lowest BCUT2D eigenvalue weighted by Crippen LogP contribution is -2.23. The maximum atomic E-state index is 11.8. The van der Waals surface area contributed by atoms with Crippen LogP contribution in [0.15, 0.2) is 97.1 Å². The van der Waals surface area contributed by atoms with Gasteiger partial charge in [-0.2, -0.15) is 0 Å². The van der Waals surface area contributed by atoms with Crippen LogP contribution in [-0.2, 0) is 27.2 Å². The van der Waals surface area contributed by atoms with Gasteiger partial charge in [0.1, 0.15) is 5.75 Å². The van der Waals surface area contributed by atoms with Gasteiger partial charge in [0.15, 0.2) is 23.0 Å². The summed E-state index contributed by atoms with van der Waals surface area (Å²) in [6.45, 7) is 2.88. The van der Waals surface area contributed by atoms with Gasteiger partial charge in [0.25, 0.3) is 0 Å². The van der Waals surface area contributed by atoms with Gasteiger partial charge in [-0.05, 0) is 84.1 Å². The van der Waals surface area contributed by atoms with E-state index in [-0.39, 0.29) is 23.2 Å². The lowest BCUT2D eigenvalue weighted by molar-refractivity contribution is -0.137. The highest BCUT2D eigenvalue weighted by Gasteiger charge is 2.03. The van der Waals surface area contributed by atoms with Gasteiger partial charge in [0.05, 0.1) is 20.8 Å². The number of aryl methyl sites for hydroxylation is 1. The Balaban J connectivity index is 0.000000250. The number of amides is 1. The minimum atomic E-state index is -0.399. The highest BCUT2D eigenvalue weighted by atomic mass is 16.5. The number of esters is 1. The number of phenols is 3. The molecule has 9 heteroatoms. The van der Waals surface area contributed by atoms with Crippen molar-refractivity contribution < 1.29 is 39.1 Å². The Morgan fingerprint density at radius 3 is 1.78 bits per heavy atom. The number of carbonyl (C=O) groups is 2. The van der Waals surface area contributed by atoms with Crippen LogP contribution in [0.5, 0.6) is 28.7 Å². The average Bonchev–Trinajstić information content (AvgIpc) is 3.06. The Morgan fingerprint density at radius 2 is 1.22 bits per heavy atom. The van der Waals surface area contributed by atoms with Gasteiger partial charge in [-0.3, -0.25) is 4.79 Å². The van der Waals surface area contributed by atoms with Crippen LogP contribution >= 0.6 is 0 Å². The van der Waals surface area contributed by atoms with Gasteiger partial charge in [-0.1, -0.05) is 54.1 Å². The first-order valence-electron chi connectivity index (χ1n) is 14.5. The van der Waals surface area contributed by atoms with E-state index in [0.29, 0.717) is 37.5 Å². The molecule has 0 heterocycles. The summed E-state index contributed by atoms with van der Waals surface area (Å²) in [4.78, 5) is 23.5. The summed E-state index contributed by atoms with van der Waals surface area (Å²) in [5, 5.41) is 31.0. The lowest BCUT2D eigenvalue weighted by Gasteiger charge is -2.04. The number of aromatic hydroxyl groups is 3. The molecule has 0 atom stereocenters. The van der Waals surface area contributed by atoms with E-state index in [4.69, 9.17) is 14.2 Å². The zero-order valence-electron chi connectivity index (χ0n) is 26.1. The van der Waals surface area contributed by atoms with E-state index in [1.54, 1.807) is 48.6 Å². The molecule has 4 aromatic rings. The standard InChI is InChI=1S/C19H20O4.C18H19NO4/c1-14-3-5-15(6-4-14)11-12-23-19(21)10-8-16-7-9-17(20)18(13-16)22-2;1-23-17-12-14(4-8-16(17)21)5-9-18(22)19-11-10-13-2-6-15(20)7-3-13/h3-10,13,20H,11-12H2,1-2H3;2-9,12,20-21H,10-11H2,1H3,(H,19,22)/b10-8+;9-5+. The monoisotopic (exact) mass is 625 g/mol. The number of nitrogens with one attached hydrogen (secondary N) is 1. The van der Waals surface area contributed by atoms with Crippen LogP contribution in [-0.4, -0.2) is 54.6 Å². The fraction of sp³-hybridized carbons (Fsp3) is 0.189. The minimum absolute atomic E-state index is 0.0583. The van der Waals surface area contributed by atoms with Crippen LogP contribution in [0, 0.1) is 6.92 Å². The Bertz CT molecular complexity index is 1500. The first kappa shape index (κ1) is 34.8. The van der Waals surface area contributed by atoms with Crippen molar-refractivity contribution in [3.05, 3.63) is 125 Å². The molecule has 1 amide bonds. The van der Waals surface area contributed by atoms with Crippen molar-refractivity contribution in [2.24, 2.45) is 0 Å². The highest BCUT2D eigenvalue weighted by molar-refractivity contribution is 5.91. The van der Waals surface area contributed by atoms with Crippen molar-refractivity contribution in [1.82, 2.24) is 5.32 Å². The highest BCUT2D eigenvalue weighted by Crippen LogP contribution is 2.27. The Labute approximate surface area is 269 Å². The van der Waals surface area contributed by atoms with E-state index < -0.39 is 5.97 Å². The van der Waals surface area contributed by atoms with E-state index >= 15 is 0 Å². The zero-order chi connectivity index (χ0) is 33.3. The van der Waals surface area contributed by atoms with E-state index in [1.807, 2.05) is 43.3 Å². The summed E-state index contributed by atoms with van der Waals surface area (Å²) in [7, 11) is 2.94. The molecule has 0 aliphatic rings. The lowest BCUT2D eigenvalue weighted by atomic mass is 10.1. The molecule has 0 radical (unpaired) electrons. The number of carbonyl (C=O) groups excluding carboxylic acids is 2. The van der Waals surface area contributed by atoms with Gasteiger partial charge in [-0.15, -0.1) is 0 Å². The predicted molar refractivity (Wildman–Crippen MR) is 178 cm³/mol. The van der Waals surface area contributed by atoms with E-state index in [0.717, 1.165) is 22.3 Å². The van der Waals surface area contributed by atoms with Crippen molar-refractivity contribution in [2.75, 3.05) is 27.4 Å². The smallest absolute Gasteiger partial charge is 0.330 e. The van der Waals surface area contributed by atoms with Crippen LogP contribution in [0.2, 0.25) is 0 Å². The second-order valence-electron chi connectivity index (χ2n) is 10.1. The summed E-state index contributed by atoms with van der Waals surface area (Å²) in [5.74, 6) is 0.470. The molecule has 240 valence electrons. The quantitative estimate of drug-likeness (QED) is 0.112. The number of ether oxygens (including phenoxy) is 3. The second kappa shape index (κ2) is 18.2.